The monoisotopic (exact) mass is 238 g/mol. The molecule has 6 heteroatoms. The summed E-state index contributed by atoms with van der Waals surface area (Å²) in [5, 5.41) is 12.7. The number of carboxylic acids is 1. The summed E-state index contributed by atoms with van der Waals surface area (Å²) in [6.45, 7) is 0. The van der Waals surface area contributed by atoms with Gasteiger partial charge in [0.05, 0.1) is 17.5 Å². The zero-order valence-corrected chi connectivity index (χ0v) is 9.40. The highest BCUT2D eigenvalue weighted by molar-refractivity contribution is 7.98. The minimum Gasteiger partial charge on any atom is -0.478 e. The lowest BCUT2D eigenvalue weighted by atomic mass is 10.3. The summed E-state index contributed by atoms with van der Waals surface area (Å²) in [6, 6.07) is 1.53. The summed E-state index contributed by atoms with van der Waals surface area (Å²) in [5.74, 6) is 0.270. The summed E-state index contributed by atoms with van der Waals surface area (Å²) in [4.78, 5) is 11.6. The third-order valence-corrected chi connectivity index (χ3v) is 2.94. The largest absolute Gasteiger partial charge is 0.478 e. The molecule has 0 atom stereocenters. The Hall–Kier alpha value is -1.69. The highest BCUT2D eigenvalue weighted by Crippen LogP contribution is 2.22. The topological polar surface area (TPSA) is 68.3 Å². The van der Waals surface area contributed by atoms with Crippen molar-refractivity contribution >= 4 is 17.7 Å². The zero-order chi connectivity index (χ0) is 11.5. The number of nitrogens with zero attached hydrogens (tertiary/aromatic N) is 2. The van der Waals surface area contributed by atoms with Crippen LogP contribution in [0.3, 0.4) is 0 Å². The van der Waals surface area contributed by atoms with Gasteiger partial charge in [0.1, 0.15) is 12.0 Å². The van der Waals surface area contributed by atoms with E-state index < -0.39 is 5.97 Å². The van der Waals surface area contributed by atoms with E-state index in [0.717, 1.165) is 4.90 Å². The molecule has 2 aromatic rings. The molecule has 0 amide bonds. The maximum atomic E-state index is 10.6. The first kappa shape index (κ1) is 10.8. The smallest absolute Gasteiger partial charge is 0.338 e. The fraction of sp³-hybridized carbons (Fsp3) is 0.200. The molecule has 0 fully saturated rings. The second kappa shape index (κ2) is 4.44. The van der Waals surface area contributed by atoms with Gasteiger partial charge in [-0.25, -0.2) is 4.79 Å². The molecule has 84 valence electrons. The summed E-state index contributed by atoms with van der Waals surface area (Å²) in [5.41, 5.74) is 0.182. The average molecular weight is 238 g/mol. The Morgan fingerprint density at radius 3 is 3.06 bits per heavy atom. The lowest BCUT2D eigenvalue weighted by molar-refractivity contribution is 0.0696. The van der Waals surface area contributed by atoms with E-state index in [4.69, 9.17) is 9.52 Å². The van der Waals surface area contributed by atoms with Crippen molar-refractivity contribution in [1.29, 1.82) is 0 Å². The van der Waals surface area contributed by atoms with Crippen molar-refractivity contribution in [1.82, 2.24) is 9.78 Å². The molecular formula is C10H10N2O3S. The van der Waals surface area contributed by atoms with E-state index in [0.29, 0.717) is 11.5 Å². The van der Waals surface area contributed by atoms with Crippen LogP contribution in [0.15, 0.2) is 34.0 Å². The summed E-state index contributed by atoms with van der Waals surface area (Å²) < 4.78 is 6.84. The molecule has 0 spiro atoms. The van der Waals surface area contributed by atoms with Gasteiger partial charge < -0.3 is 9.52 Å². The Bertz CT molecular complexity index is 504. The fourth-order valence-electron chi connectivity index (χ4n) is 1.20. The number of rotatable bonds is 4. The van der Waals surface area contributed by atoms with Crippen molar-refractivity contribution in [3.05, 3.63) is 36.0 Å². The molecule has 0 saturated heterocycles. The van der Waals surface area contributed by atoms with E-state index in [1.807, 2.05) is 13.2 Å². The van der Waals surface area contributed by atoms with Gasteiger partial charge in [-0.15, -0.1) is 11.8 Å². The average Bonchev–Trinajstić information content (AvgIpc) is 2.83. The third-order valence-electron chi connectivity index (χ3n) is 1.96. The summed E-state index contributed by atoms with van der Waals surface area (Å²) in [6.07, 6.45) is 4.90. The molecule has 1 N–H and O–H groups in total. The van der Waals surface area contributed by atoms with Gasteiger partial charge in [0, 0.05) is 18.1 Å². The van der Waals surface area contributed by atoms with Crippen molar-refractivity contribution in [2.45, 2.75) is 10.6 Å². The lowest BCUT2D eigenvalue weighted by Gasteiger charge is -1.93. The zero-order valence-electron chi connectivity index (χ0n) is 8.58. The lowest BCUT2D eigenvalue weighted by Crippen LogP contribution is -1.91. The van der Waals surface area contributed by atoms with Gasteiger partial charge in [0.25, 0.3) is 0 Å². The minimum absolute atomic E-state index is 0.182. The van der Waals surface area contributed by atoms with Gasteiger partial charge in [-0.3, -0.25) is 4.68 Å². The van der Waals surface area contributed by atoms with Crippen LogP contribution < -0.4 is 0 Å². The van der Waals surface area contributed by atoms with Gasteiger partial charge in [-0.1, -0.05) is 0 Å². The molecule has 2 rings (SSSR count). The number of aryl methyl sites for hydroxylation is 1. The number of hydrogen-bond donors (Lipinski definition) is 1. The standard InChI is InChI=1S/C10H10N2O3S/c1-12-4-9(3-11-12)16-6-8-2-7(5-15-8)10(13)14/h2-5H,6H2,1H3,(H,13,14). The Kier molecular flexibility index (Phi) is 3.00. The van der Waals surface area contributed by atoms with Crippen LogP contribution in [0, 0.1) is 0 Å². The molecule has 0 aliphatic carbocycles. The van der Waals surface area contributed by atoms with E-state index in [1.165, 1.54) is 12.3 Å². The molecule has 2 aromatic heterocycles. The van der Waals surface area contributed by atoms with Crippen molar-refractivity contribution in [2.75, 3.05) is 0 Å². The van der Waals surface area contributed by atoms with Crippen LogP contribution in [0.1, 0.15) is 16.1 Å². The molecule has 16 heavy (non-hydrogen) atoms. The summed E-state index contributed by atoms with van der Waals surface area (Å²) >= 11 is 1.55. The molecular weight excluding hydrogens is 228 g/mol. The third kappa shape index (κ3) is 2.46. The molecule has 2 heterocycles. The first-order valence-electron chi connectivity index (χ1n) is 4.57. The van der Waals surface area contributed by atoms with E-state index in [2.05, 4.69) is 5.10 Å². The molecule has 0 aliphatic rings. The maximum absolute atomic E-state index is 10.6. The van der Waals surface area contributed by atoms with Crippen molar-refractivity contribution in [2.24, 2.45) is 7.05 Å². The Balaban J connectivity index is 1.97. The van der Waals surface area contributed by atoms with Gasteiger partial charge >= 0.3 is 5.97 Å². The van der Waals surface area contributed by atoms with Crippen LogP contribution in [-0.2, 0) is 12.8 Å². The number of furan rings is 1. The van der Waals surface area contributed by atoms with E-state index >= 15 is 0 Å². The highest BCUT2D eigenvalue weighted by Gasteiger charge is 2.08. The Morgan fingerprint density at radius 2 is 2.50 bits per heavy atom. The second-order valence-electron chi connectivity index (χ2n) is 3.25. The summed E-state index contributed by atoms with van der Waals surface area (Å²) in [7, 11) is 1.85. The van der Waals surface area contributed by atoms with Crippen LogP contribution in [-0.4, -0.2) is 20.9 Å². The van der Waals surface area contributed by atoms with E-state index in [-0.39, 0.29) is 5.56 Å². The molecule has 0 aromatic carbocycles. The van der Waals surface area contributed by atoms with Gasteiger partial charge in [0.15, 0.2) is 0 Å². The van der Waals surface area contributed by atoms with Crippen molar-refractivity contribution in [3.63, 3.8) is 0 Å². The quantitative estimate of drug-likeness (QED) is 0.825. The van der Waals surface area contributed by atoms with Crippen LogP contribution >= 0.6 is 11.8 Å². The number of carbonyl (C=O) groups is 1. The molecule has 5 nitrogen and oxygen atoms in total. The molecule has 0 radical (unpaired) electrons. The van der Waals surface area contributed by atoms with Crippen LogP contribution in [0.25, 0.3) is 0 Å². The van der Waals surface area contributed by atoms with Crippen LogP contribution in [0.4, 0.5) is 0 Å². The highest BCUT2D eigenvalue weighted by atomic mass is 32.2. The number of aromatic carboxylic acids is 1. The van der Waals surface area contributed by atoms with E-state index in [1.54, 1.807) is 22.6 Å². The molecule has 0 aliphatic heterocycles. The van der Waals surface area contributed by atoms with E-state index in [9.17, 15) is 4.79 Å². The first-order chi connectivity index (χ1) is 7.65. The van der Waals surface area contributed by atoms with Crippen molar-refractivity contribution in [3.8, 4) is 0 Å². The Labute approximate surface area is 96.1 Å². The maximum Gasteiger partial charge on any atom is 0.338 e. The predicted octanol–water partition coefficient (Wildman–Crippen LogP) is 2.00. The van der Waals surface area contributed by atoms with Gasteiger partial charge in [-0.05, 0) is 6.07 Å². The van der Waals surface area contributed by atoms with Gasteiger partial charge in [-0.2, -0.15) is 5.10 Å². The van der Waals surface area contributed by atoms with Crippen LogP contribution in [0.5, 0.6) is 0 Å². The Morgan fingerprint density at radius 1 is 1.69 bits per heavy atom. The normalized spacial score (nSPS) is 10.6. The predicted molar refractivity (Wildman–Crippen MR) is 58.4 cm³/mol. The number of aromatic nitrogens is 2. The van der Waals surface area contributed by atoms with Crippen LogP contribution in [0.2, 0.25) is 0 Å². The second-order valence-corrected chi connectivity index (χ2v) is 4.29. The minimum atomic E-state index is -0.971. The molecule has 0 unspecified atom stereocenters. The number of carboxylic acid groups (broad SMARTS) is 1. The first-order valence-corrected chi connectivity index (χ1v) is 5.56. The molecule has 0 saturated carbocycles. The molecule has 0 bridgehead atoms. The number of thioether (sulfide) groups is 1. The van der Waals surface area contributed by atoms with Gasteiger partial charge in [0.2, 0.25) is 0 Å². The number of hydrogen-bond acceptors (Lipinski definition) is 4. The van der Waals surface area contributed by atoms with Crippen molar-refractivity contribution < 1.29 is 14.3 Å². The fourth-order valence-corrected chi connectivity index (χ4v) is 2.01. The SMILES string of the molecule is Cn1cc(SCc2cc(C(=O)O)co2)cn1.